The predicted octanol–water partition coefficient (Wildman–Crippen LogP) is 16.2. The van der Waals surface area contributed by atoms with E-state index in [-0.39, 0.29) is 12.5 Å². The molecule has 4 nitrogen and oxygen atoms in total. The summed E-state index contributed by atoms with van der Waals surface area (Å²) < 4.78 is 0. The largest absolute Gasteiger partial charge is 0.394 e. The molecule has 0 aliphatic rings. The van der Waals surface area contributed by atoms with Gasteiger partial charge in [0.15, 0.2) is 0 Å². The summed E-state index contributed by atoms with van der Waals surface area (Å²) in [5, 5.41) is 23.0. The van der Waals surface area contributed by atoms with Crippen molar-refractivity contribution >= 4 is 5.91 Å². The lowest BCUT2D eigenvalue weighted by atomic mass is 10.0. The van der Waals surface area contributed by atoms with Crippen LogP contribution in [0.25, 0.3) is 0 Å². The number of hydrogen-bond donors (Lipinski definition) is 3. The highest BCUT2D eigenvalue weighted by Gasteiger charge is 2.17. The Bertz CT molecular complexity index is 1010. The van der Waals surface area contributed by atoms with Crippen LogP contribution in [0.4, 0.5) is 0 Å². The van der Waals surface area contributed by atoms with Gasteiger partial charge in [0.05, 0.1) is 18.8 Å². The van der Waals surface area contributed by atoms with Gasteiger partial charge in [-0.15, -0.1) is 0 Å². The average molecular weight is 808 g/mol. The van der Waals surface area contributed by atoms with Gasteiger partial charge in [0.25, 0.3) is 0 Å². The number of aliphatic hydroxyl groups is 2. The minimum atomic E-state index is -0.886. The second-order valence-electron chi connectivity index (χ2n) is 16.8. The Morgan fingerprint density at radius 2 is 0.776 bits per heavy atom. The normalized spacial score (nSPS) is 13.5. The van der Waals surface area contributed by atoms with E-state index in [0.29, 0.717) is 6.42 Å². The van der Waals surface area contributed by atoms with Crippen LogP contribution in [-0.4, -0.2) is 34.9 Å². The van der Waals surface area contributed by atoms with Gasteiger partial charge in [-0.1, -0.05) is 234 Å². The van der Waals surface area contributed by atoms with Gasteiger partial charge in [-0.3, -0.25) is 4.79 Å². The molecule has 0 heterocycles. The zero-order valence-electron chi connectivity index (χ0n) is 38.5. The number of unbranched alkanes of at least 4 members (excludes halogenated alkanes) is 28. The van der Waals surface area contributed by atoms with Gasteiger partial charge in [-0.2, -0.15) is 0 Å². The summed E-state index contributed by atoms with van der Waals surface area (Å²) in [7, 11) is 0. The molecule has 2 unspecified atom stereocenters. The van der Waals surface area contributed by atoms with Crippen molar-refractivity contribution in [3.8, 4) is 0 Å². The van der Waals surface area contributed by atoms with Crippen molar-refractivity contribution in [2.24, 2.45) is 0 Å². The van der Waals surface area contributed by atoms with Crippen LogP contribution >= 0.6 is 0 Å². The number of rotatable bonds is 45. The lowest BCUT2D eigenvalue weighted by Crippen LogP contribution is -2.45. The fourth-order valence-electron chi connectivity index (χ4n) is 7.34. The summed E-state index contributed by atoms with van der Waals surface area (Å²) in [6.07, 6.45) is 70.6. The highest BCUT2D eigenvalue weighted by Crippen LogP contribution is 2.16. The van der Waals surface area contributed by atoms with E-state index < -0.39 is 12.1 Å². The average Bonchev–Trinajstić information content (AvgIpc) is 3.23. The van der Waals surface area contributed by atoms with Crippen molar-refractivity contribution < 1.29 is 15.0 Å². The Hall–Kier alpha value is -2.17. The van der Waals surface area contributed by atoms with Crippen molar-refractivity contribution in [2.75, 3.05) is 6.61 Å². The lowest BCUT2D eigenvalue weighted by Gasteiger charge is -2.19. The summed E-state index contributed by atoms with van der Waals surface area (Å²) in [6, 6.07) is -0.664. The molecule has 0 aliphatic carbocycles. The zero-order valence-corrected chi connectivity index (χ0v) is 38.5. The number of carbonyl (C=O) groups is 1. The van der Waals surface area contributed by atoms with Gasteiger partial charge in [-0.05, 0) is 77.0 Å². The van der Waals surface area contributed by atoms with Gasteiger partial charge in [0.1, 0.15) is 0 Å². The Kier molecular flexibility index (Phi) is 47.4. The first-order chi connectivity index (χ1) is 28.7. The molecule has 0 bridgehead atoms. The van der Waals surface area contributed by atoms with Crippen LogP contribution < -0.4 is 5.32 Å². The standard InChI is InChI=1S/C54H97NO3/c1-3-5-7-9-11-13-15-17-18-19-20-21-22-23-24-25-26-27-28-29-30-31-32-33-34-35-36-38-39-41-43-45-47-49-53(57)52(51-56)55-54(58)50-48-46-44-42-40-37-16-14-12-10-8-6-4-2/h6,8,12,14,34-35,37,39-41,47,49,52-53,56-57H,3-5,7,9-11,13,15-33,36,38,42-46,48,50-51H2,1-2H3,(H,55,58)/b8-6-,14-12-,35-34+,40-37-,41-39+,49-47+. The molecule has 0 aromatic carbocycles. The van der Waals surface area contributed by atoms with Gasteiger partial charge < -0.3 is 15.5 Å². The fraction of sp³-hybridized carbons (Fsp3) is 0.759. The fourth-order valence-corrected chi connectivity index (χ4v) is 7.34. The van der Waals surface area contributed by atoms with Gasteiger partial charge in [0.2, 0.25) is 5.91 Å². The van der Waals surface area contributed by atoms with E-state index in [1.165, 1.54) is 154 Å². The summed E-state index contributed by atoms with van der Waals surface area (Å²) in [5.74, 6) is -0.109. The quantitative estimate of drug-likeness (QED) is 0.0424. The Morgan fingerprint density at radius 3 is 1.21 bits per heavy atom. The monoisotopic (exact) mass is 808 g/mol. The van der Waals surface area contributed by atoms with E-state index in [1.807, 2.05) is 6.08 Å². The number of aliphatic hydroxyl groups excluding tert-OH is 2. The second-order valence-corrected chi connectivity index (χ2v) is 16.8. The molecule has 4 heteroatoms. The molecule has 1 amide bonds. The highest BCUT2D eigenvalue weighted by molar-refractivity contribution is 5.76. The van der Waals surface area contributed by atoms with Crippen molar-refractivity contribution in [1.29, 1.82) is 0 Å². The first-order valence-corrected chi connectivity index (χ1v) is 25.2. The van der Waals surface area contributed by atoms with Crippen LogP contribution in [0.3, 0.4) is 0 Å². The van der Waals surface area contributed by atoms with E-state index >= 15 is 0 Å². The molecule has 336 valence electrons. The summed E-state index contributed by atoms with van der Waals surface area (Å²) in [4.78, 5) is 12.3. The lowest BCUT2D eigenvalue weighted by molar-refractivity contribution is -0.123. The molecule has 2 atom stereocenters. The third kappa shape index (κ3) is 44.9. The van der Waals surface area contributed by atoms with Crippen LogP contribution in [0.2, 0.25) is 0 Å². The molecule has 0 fully saturated rings. The van der Waals surface area contributed by atoms with E-state index in [1.54, 1.807) is 6.08 Å². The molecule has 58 heavy (non-hydrogen) atoms. The topological polar surface area (TPSA) is 69.6 Å². The molecular formula is C54H97NO3. The number of amides is 1. The summed E-state index contributed by atoms with van der Waals surface area (Å²) >= 11 is 0. The minimum Gasteiger partial charge on any atom is -0.394 e. The van der Waals surface area contributed by atoms with Gasteiger partial charge >= 0.3 is 0 Å². The smallest absolute Gasteiger partial charge is 0.220 e. The third-order valence-electron chi connectivity index (χ3n) is 11.2. The maximum atomic E-state index is 12.3. The number of carbonyl (C=O) groups excluding carboxylic acids is 1. The molecule has 0 rings (SSSR count). The minimum absolute atomic E-state index is 0.109. The van der Waals surface area contributed by atoms with Crippen LogP contribution in [0.1, 0.15) is 245 Å². The zero-order chi connectivity index (χ0) is 42.1. The van der Waals surface area contributed by atoms with Gasteiger partial charge in [-0.25, -0.2) is 0 Å². The SMILES string of the molecule is CC/C=C\C/C=C\C/C=C\CCCCCC(=O)NC(CO)C(O)/C=C/CC/C=C/CC/C=C/CCCCCCCCCCCCCCCCCCCCCCCCC. The highest BCUT2D eigenvalue weighted by atomic mass is 16.3. The number of allylic oxidation sites excluding steroid dienone is 11. The van der Waals surface area contributed by atoms with Crippen molar-refractivity contribution in [2.45, 2.75) is 257 Å². The maximum absolute atomic E-state index is 12.3. The molecule has 0 radical (unpaired) electrons. The van der Waals surface area contributed by atoms with E-state index in [4.69, 9.17) is 0 Å². The van der Waals surface area contributed by atoms with E-state index in [0.717, 1.165) is 70.6 Å². The van der Waals surface area contributed by atoms with Crippen LogP contribution in [-0.2, 0) is 4.79 Å². The molecular weight excluding hydrogens is 711 g/mol. The summed E-state index contributed by atoms with van der Waals surface area (Å²) in [5.41, 5.74) is 0. The van der Waals surface area contributed by atoms with Crippen LogP contribution in [0.15, 0.2) is 72.9 Å². The predicted molar refractivity (Wildman–Crippen MR) is 257 cm³/mol. The van der Waals surface area contributed by atoms with E-state index in [9.17, 15) is 15.0 Å². The number of hydrogen-bond acceptors (Lipinski definition) is 3. The molecule has 0 saturated heterocycles. The Balaban J connectivity index is 3.55. The Labute approximate surface area is 361 Å². The molecule has 0 spiro atoms. The molecule has 0 aliphatic heterocycles. The molecule has 0 aromatic heterocycles. The van der Waals surface area contributed by atoms with Crippen molar-refractivity contribution in [3.63, 3.8) is 0 Å². The number of nitrogens with one attached hydrogen (secondary N) is 1. The van der Waals surface area contributed by atoms with Crippen molar-refractivity contribution in [3.05, 3.63) is 72.9 Å². The Morgan fingerprint density at radius 1 is 0.431 bits per heavy atom. The third-order valence-corrected chi connectivity index (χ3v) is 11.2. The first kappa shape index (κ1) is 55.8. The van der Waals surface area contributed by atoms with Crippen LogP contribution in [0, 0.1) is 0 Å². The van der Waals surface area contributed by atoms with Crippen LogP contribution in [0.5, 0.6) is 0 Å². The van der Waals surface area contributed by atoms with E-state index in [2.05, 4.69) is 79.9 Å². The maximum Gasteiger partial charge on any atom is 0.220 e. The summed E-state index contributed by atoms with van der Waals surface area (Å²) in [6.45, 7) is 4.17. The van der Waals surface area contributed by atoms with Crippen molar-refractivity contribution in [1.82, 2.24) is 5.32 Å². The molecule has 0 aromatic rings. The first-order valence-electron chi connectivity index (χ1n) is 25.2. The van der Waals surface area contributed by atoms with Gasteiger partial charge in [0, 0.05) is 6.42 Å². The molecule has 0 saturated carbocycles. The molecule has 3 N–H and O–H groups in total. The second kappa shape index (κ2) is 49.2.